The van der Waals surface area contributed by atoms with Gasteiger partial charge in [0.2, 0.25) is 19.3 Å². The van der Waals surface area contributed by atoms with Crippen molar-refractivity contribution < 1.29 is 27.1 Å². The second-order valence-electron chi connectivity index (χ2n) is 5.74. The lowest BCUT2D eigenvalue weighted by atomic mass is 10.1. The molecule has 150 valence electrons. The van der Waals surface area contributed by atoms with Crippen molar-refractivity contribution in [2.45, 2.75) is 4.34 Å². The van der Waals surface area contributed by atoms with Gasteiger partial charge in [0.25, 0.3) is 5.91 Å². The average molecular weight is 435 g/mol. The van der Waals surface area contributed by atoms with E-state index in [0.29, 0.717) is 22.6 Å². The van der Waals surface area contributed by atoms with Gasteiger partial charge in [-0.15, -0.1) is 10.2 Å². The number of nitrogens with one attached hydrogen (secondary N) is 1. The van der Waals surface area contributed by atoms with Crippen LogP contribution in [-0.4, -0.2) is 43.2 Å². The maximum absolute atomic E-state index is 12.9. The quantitative estimate of drug-likeness (QED) is 0.448. The number of nitrogens with zero attached hydrogens (tertiary/aromatic N) is 2. The fraction of sp³-hybridized carbons (Fsp3) is 0.111. The summed E-state index contributed by atoms with van der Waals surface area (Å²) in [5, 5.41) is 9.63. The van der Waals surface area contributed by atoms with Gasteiger partial charge in [0, 0.05) is 11.1 Å². The van der Waals surface area contributed by atoms with Gasteiger partial charge in [-0.2, -0.15) is 0 Å². The summed E-state index contributed by atoms with van der Waals surface area (Å²) in [6.07, 6.45) is 0. The highest BCUT2D eigenvalue weighted by Crippen LogP contribution is 2.23. The molecule has 0 bridgehead atoms. The Hall–Kier alpha value is -3.18. The molecule has 11 heteroatoms. The Balaban J connectivity index is 1.69. The molecule has 0 saturated carbocycles. The first-order valence-corrected chi connectivity index (χ1v) is 10.6. The minimum Gasteiger partial charge on any atom is -0.497 e. The molecule has 1 amide bonds. The number of Topliss-reactive ketones (excluding diaryl/α,β-unsaturated/α-hetero) is 1. The number of amides is 1. The summed E-state index contributed by atoms with van der Waals surface area (Å²) >= 11 is 0.631. The van der Waals surface area contributed by atoms with E-state index in [0.717, 1.165) is 12.1 Å². The van der Waals surface area contributed by atoms with Crippen LogP contribution in [0, 0.1) is 5.82 Å². The maximum atomic E-state index is 12.9. The zero-order valence-corrected chi connectivity index (χ0v) is 16.6. The van der Waals surface area contributed by atoms with Crippen LogP contribution in [0.25, 0.3) is 0 Å². The van der Waals surface area contributed by atoms with E-state index in [1.165, 1.54) is 31.4 Å². The molecule has 0 saturated heterocycles. The average Bonchev–Trinajstić information content (AvgIpc) is 3.17. The molecule has 0 aliphatic rings. The Morgan fingerprint density at radius 1 is 1.03 bits per heavy atom. The molecule has 0 aliphatic carbocycles. The second-order valence-corrected chi connectivity index (χ2v) is 8.89. The highest BCUT2D eigenvalue weighted by atomic mass is 32.2. The highest BCUT2D eigenvalue weighted by Gasteiger charge is 2.25. The lowest BCUT2D eigenvalue weighted by Crippen LogP contribution is -2.16. The number of benzene rings is 2. The van der Waals surface area contributed by atoms with E-state index in [9.17, 15) is 22.4 Å². The van der Waals surface area contributed by atoms with Gasteiger partial charge in [-0.3, -0.25) is 14.9 Å². The molecule has 1 heterocycles. The third kappa shape index (κ3) is 5.00. The van der Waals surface area contributed by atoms with E-state index >= 15 is 0 Å². The molecule has 3 aromatic rings. The van der Waals surface area contributed by atoms with E-state index < -0.39 is 37.4 Å². The Morgan fingerprint density at radius 2 is 1.66 bits per heavy atom. The minimum atomic E-state index is -4.07. The summed E-state index contributed by atoms with van der Waals surface area (Å²) in [5.41, 5.74) is 0.379. The van der Waals surface area contributed by atoms with Crippen molar-refractivity contribution in [3.63, 3.8) is 0 Å². The number of carbonyl (C=O) groups excluding carboxylic acids is 2. The molecule has 0 aliphatic heterocycles. The van der Waals surface area contributed by atoms with Crippen LogP contribution in [0.3, 0.4) is 0 Å². The fourth-order valence-corrected chi connectivity index (χ4v) is 4.45. The van der Waals surface area contributed by atoms with Gasteiger partial charge in [0.1, 0.15) is 17.3 Å². The van der Waals surface area contributed by atoms with Crippen LogP contribution in [0.2, 0.25) is 0 Å². The van der Waals surface area contributed by atoms with Crippen molar-refractivity contribution in [2.24, 2.45) is 0 Å². The molecule has 0 fully saturated rings. The van der Waals surface area contributed by atoms with Crippen LogP contribution in [0.5, 0.6) is 5.75 Å². The van der Waals surface area contributed by atoms with Crippen LogP contribution >= 0.6 is 11.3 Å². The molecule has 0 radical (unpaired) electrons. The molecule has 0 unspecified atom stereocenters. The summed E-state index contributed by atoms with van der Waals surface area (Å²) in [6.45, 7) is 0. The number of ether oxygens (including phenoxy) is 1. The summed E-state index contributed by atoms with van der Waals surface area (Å²) < 4.78 is 42.4. The summed E-state index contributed by atoms with van der Waals surface area (Å²) in [4.78, 5) is 24.4. The van der Waals surface area contributed by atoms with E-state index in [-0.39, 0.29) is 10.7 Å². The van der Waals surface area contributed by atoms with Crippen molar-refractivity contribution in [3.05, 3.63) is 65.5 Å². The van der Waals surface area contributed by atoms with Gasteiger partial charge in [0.05, 0.1) is 7.11 Å². The fourth-order valence-electron chi connectivity index (χ4n) is 2.25. The van der Waals surface area contributed by atoms with Gasteiger partial charge in [-0.05, 0) is 48.5 Å². The number of anilines is 1. The van der Waals surface area contributed by atoms with Crippen molar-refractivity contribution in [2.75, 3.05) is 18.2 Å². The van der Waals surface area contributed by atoms with Crippen LogP contribution < -0.4 is 10.1 Å². The number of rotatable bonds is 7. The summed E-state index contributed by atoms with van der Waals surface area (Å²) in [5.74, 6) is -2.01. The molecular formula is C18H14FN3O5S2. The number of hydrogen-bond acceptors (Lipinski definition) is 8. The van der Waals surface area contributed by atoms with E-state index in [2.05, 4.69) is 15.5 Å². The van der Waals surface area contributed by atoms with Gasteiger partial charge < -0.3 is 4.74 Å². The molecule has 8 nitrogen and oxygen atoms in total. The van der Waals surface area contributed by atoms with Crippen molar-refractivity contribution in [3.8, 4) is 5.75 Å². The van der Waals surface area contributed by atoms with Crippen molar-refractivity contribution >= 4 is 38.0 Å². The predicted molar refractivity (Wildman–Crippen MR) is 104 cm³/mol. The van der Waals surface area contributed by atoms with Crippen LogP contribution in [0.4, 0.5) is 9.52 Å². The predicted octanol–water partition coefficient (Wildman–Crippen LogP) is 2.59. The third-order valence-corrected chi connectivity index (χ3v) is 6.63. The number of ketones is 1. The number of sulfone groups is 1. The SMILES string of the molecule is COc1ccc(C(=O)Nc2nnc(S(=O)(=O)CC(=O)c3ccc(F)cc3)s2)cc1. The molecule has 3 rings (SSSR count). The van der Waals surface area contributed by atoms with Crippen molar-refractivity contribution in [1.29, 1.82) is 0 Å². The molecule has 29 heavy (non-hydrogen) atoms. The van der Waals surface area contributed by atoms with Crippen LogP contribution in [0.15, 0.2) is 52.9 Å². The molecule has 0 spiro atoms. The molecule has 1 N–H and O–H groups in total. The van der Waals surface area contributed by atoms with Gasteiger partial charge in [-0.25, -0.2) is 12.8 Å². The topological polar surface area (TPSA) is 115 Å². The van der Waals surface area contributed by atoms with Gasteiger partial charge in [-0.1, -0.05) is 11.3 Å². The number of halogens is 1. The monoisotopic (exact) mass is 435 g/mol. The standard InChI is InChI=1S/C18H14FN3O5S2/c1-27-14-8-4-12(5-9-14)16(24)20-17-21-22-18(28-17)29(25,26)10-15(23)11-2-6-13(19)7-3-11/h2-9H,10H2,1H3,(H,20,21,24). The first-order valence-electron chi connectivity index (χ1n) is 8.09. The molecule has 1 aromatic heterocycles. The van der Waals surface area contributed by atoms with E-state index in [1.807, 2.05) is 0 Å². The summed E-state index contributed by atoms with van der Waals surface area (Å²) in [6, 6.07) is 10.8. The lowest BCUT2D eigenvalue weighted by molar-refractivity contribution is 0.101. The lowest BCUT2D eigenvalue weighted by Gasteiger charge is -2.03. The van der Waals surface area contributed by atoms with E-state index in [1.54, 1.807) is 12.1 Å². The smallest absolute Gasteiger partial charge is 0.257 e. The second kappa shape index (κ2) is 8.45. The maximum Gasteiger partial charge on any atom is 0.257 e. The number of methoxy groups -OCH3 is 1. The highest BCUT2D eigenvalue weighted by molar-refractivity contribution is 7.94. The first-order chi connectivity index (χ1) is 13.8. The van der Waals surface area contributed by atoms with Gasteiger partial charge in [0.15, 0.2) is 5.78 Å². The van der Waals surface area contributed by atoms with Gasteiger partial charge >= 0.3 is 0 Å². The number of aromatic nitrogens is 2. The Bertz CT molecular complexity index is 1140. The van der Waals surface area contributed by atoms with E-state index in [4.69, 9.17) is 4.74 Å². The molecular weight excluding hydrogens is 421 g/mol. The summed E-state index contributed by atoms with van der Waals surface area (Å²) in [7, 11) is -2.57. The Labute approximate surface area is 169 Å². The largest absolute Gasteiger partial charge is 0.497 e. The zero-order valence-electron chi connectivity index (χ0n) is 15.0. The molecule has 0 atom stereocenters. The minimum absolute atomic E-state index is 0.0291. The Morgan fingerprint density at radius 3 is 2.28 bits per heavy atom. The first kappa shape index (κ1) is 20.6. The normalized spacial score (nSPS) is 11.1. The Kier molecular flexibility index (Phi) is 5.99. The van der Waals surface area contributed by atoms with Crippen molar-refractivity contribution in [1.82, 2.24) is 10.2 Å². The van der Waals surface area contributed by atoms with Crippen LogP contribution in [0.1, 0.15) is 20.7 Å². The van der Waals surface area contributed by atoms with Crippen LogP contribution in [-0.2, 0) is 9.84 Å². The third-order valence-electron chi connectivity index (χ3n) is 3.73. The molecule has 2 aromatic carbocycles. The number of hydrogen-bond donors (Lipinski definition) is 1. The number of carbonyl (C=O) groups is 2. The zero-order chi connectivity index (χ0) is 21.0.